The lowest BCUT2D eigenvalue weighted by atomic mass is 9.99. The molecule has 2 saturated heterocycles. The number of hydrogen-bond donors (Lipinski definition) is 2. The van der Waals surface area contributed by atoms with Crippen LogP contribution in [0.25, 0.3) is 0 Å². The van der Waals surface area contributed by atoms with Crippen LogP contribution in [0, 0.1) is 0 Å². The molecule has 4 rings (SSSR count). The van der Waals surface area contributed by atoms with E-state index in [-0.39, 0.29) is 18.8 Å². The van der Waals surface area contributed by atoms with Crippen molar-refractivity contribution in [1.82, 2.24) is 4.90 Å². The normalized spacial score (nSPS) is 25.6. The van der Waals surface area contributed by atoms with Crippen LogP contribution in [0.15, 0.2) is 48.5 Å². The second kappa shape index (κ2) is 17.6. The van der Waals surface area contributed by atoms with E-state index in [1.807, 2.05) is 48.5 Å². The molecule has 0 saturated carbocycles. The predicted molar refractivity (Wildman–Crippen MR) is 150 cm³/mol. The highest BCUT2D eigenvalue weighted by Crippen LogP contribution is 2.38. The first-order chi connectivity index (χ1) is 19.7. The highest BCUT2D eigenvalue weighted by Gasteiger charge is 2.33. The van der Waals surface area contributed by atoms with E-state index < -0.39 is 6.29 Å². The first-order valence-electron chi connectivity index (χ1n) is 14.2. The van der Waals surface area contributed by atoms with Gasteiger partial charge in [-0.3, -0.25) is 4.90 Å². The first-order valence-corrected chi connectivity index (χ1v) is 14.2. The summed E-state index contributed by atoms with van der Waals surface area (Å²) in [5.74, 6) is 0. The second-order valence-corrected chi connectivity index (χ2v) is 9.88. The van der Waals surface area contributed by atoms with E-state index in [1.54, 1.807) is 0 Å². The Kier molecular flexibility index (Phi) is 13.6. The maximum absolute atomic E-state index is 9.47. The third-order valence-corrected chi connectivity index (χ3v) is 6.85. The van der Waals surface area contributed by atoms with Gasteiger partial charge in [0.05, 0.1) is 84.9 Å². The van der Waals surface area contributed by atoms with E-state index in [4.69, 9.17) is 38.9 Å². The predicted octanol–water partition coefficient (Wildman–Crippen LogP) is 2.71. The topological polar surface area (TPSA) is 114 Å². The van der Waals surface area contributed by atoms with Crippen molar-refractivity contribution in [3.8, 4) is 0 Å². The zero-order valence-corrected chi connectivity index (χ0v) is 23.3. The van der Waals surface area contributed by atoms with E-state index in [0.29, 0.717) is 84.7 Å². The van der Waals surface area contributed by atoms with Gasteiger partial charge in [0.1, 0.15) is 0 Å². The summed E-state index contributed by atoms with van der Waals surface area (Å²) >= 11 is 0. The van der Waals surface area contributed by atoms with Gasteiger partial charge in [-0.1, -0.05) is 36.4 Å². The molecular weight excluding hydrogens is 516 g/mol. The maximum Gasteiger partial charge on any atom is 0.185 e. The fourth-order valence-electron chi connectivity index (χ4n) is 4.69. The Hall–Kier alpha value is -2.12. The lowest BCUT2D eigenvalue weighted by Gasteiger charge is -2.38. The van der Waals surface area contributed by atoms with E-state index in [0.717, 1.165) is 29.8 Å². The van der Waals surface area contributed by atoms with E-state index in [1.165, 1.54) is 0 Å². The average molecular weight is 561 g/mol. The molecule has 3 unspecified atom stereocenters. The molecular formula is C30H44N2O8. The minimum absolute atomic E-state index is 0.00915. The molecule has 10 heteroatoms. The fraction of sp³-hybridized carbons (Fsp3) is 0.600. The third-order valence-electron chi connectivity index (χ3n) is 6.85. The maximum atomic E-state index is 9.47. The molecule has 2 aromatic rings. The molecule has 0 radical (unpaired) electrons. The second-order valence-electron chi connectivity index (χ2n) is 9.88. The minimum Gasteiger partial charge on any atom is -0.399 e. The van der Waals surface area contributed by atoms with Crippen molar-refractivity contribution in [1.29, 1.82) is 0 Å². The summed E-state index contributed by atoms with van der Waals surface area (Å²) in [5.41, 5.74) is 9.54. The summed E-state index contributed by atoms with van der Waals surface area (Å²) in [6.45, 7) is 7.64. The Morgan fingerprint density at radius 3 is 1.82 bits per heavy atom. The molecule has 0 amide bonds. The van der Waals surface area contributed by atoms with Crippen molar-refractivity contribution < 1.29 is 38.3 Å². The molecule has 2 fully saturated rings. The molecule has 222 valence electrons. The van der Waals surface area contributed by atoms with Crippen LogP contribution in [-0.4, -0.2) is 102 Å². The Morgan fingerprint density at radius 1 is 0.700 bits per heavy atom. The summed E-state index contributed by atoms with van der Waals surface area (Å²) in [6, 6.07) is 15.5. The van der Waals surface area contributed by atoms with Crippen LogP contribution in [0.2, 0.25) is 0 Å². The Balaban J connectivity index is 1.40. The van der Waals surface area contributed by atoms with Crippen molar-refractivity contribution in [2.24, 2.45) is 0 Å². The summed E-state index contributed by atoms with van der Waals surface area (Å²) in [6.07, 6.45) is -0.105. The van der Waals surface area contributed by atoms with Gasteiger partial charge in [-0.2, -0.15) is 0 Å². The van der Waals surface area contributed by atoms with Crippen molar-refractivity contribution in [2.45, 2.75) is 31.5 Å². The molecule has 2 aromatic carbocycles. The van der Waals surface area contributed by atoms with Gasteiger partial charge in [-0.05, 0) is 23.3 Å². The van der Waals surface area contributed by atoms with Gasteiger partial charge in [0.15, 0.2) is 6.29 Å². The Bertz CT molecular complexity index is 945. The average Bonchev–Trinajstić information content (AvgIpc) is 2.98. The van der Waals surface area contributed by atoms with Gasteiger partial charge in [0.25, 0.3) is 0 Å². The molecule has 40 heavy (non-hydrogen) atoms. The number of rotatable bonds is 5. The smallest absolute Gasteiger partial charge is 0.185 e. The molecule has 0 aliphatic carbocycles. The van der Waals surface area contributed by atoms with Crippen molar-refractivity contribution in [2.75, 3.05) is 91.4 Å². The monoisotopic (exact) mass is 560 g/mol. The van der Waals surface area contributed by atoms with Crippen LogP contribution in [0.1, 0.15) is 35.5 Å². The van der Waals surface area contributed by atoms with Gasteiger partial charge in [0.2, 0.25) is 0 Å². The van der Waals surface area contributed by atoms with Crippen LogP contribution < -0.4 is 5.73 Å². The molecule has 2 aliphatic heterocycles. The zero-order chi connectivity index (χ0) is 27.8. The highest BCUT2D eigenvalue weighted by molar-refractivity contribution is 5.41. The van der Waals surface area contributed by atoms with Crippen LogP contribution in [0.5, 0.6) is 0 Å². The number of anilines is 1. The lowest BCUT2D eigenvalue weighted by molar-refractivity contribution is -0.253. The number of nitrogens with two attached hydrogens (primary N) is 1. The molecule has 0 bridgehead atoms. The summed E-state index contributed by atoms with van der Waals surface area (Å²) in [4.78, 5) is 2.32. The SMILES string of the molecule is Nc1cccc(C2OC(CN3CCOCCOCCOCCOCCOCC3)CC(c3ccc(CO)cc3)O2)c1. The highest BCUT2D eigenvalue weighted by atomic mass is 16.7. The molecule has 0 aromatic heterocycles. The molecule has 3 N–H and O–H groups in total. The molecule has 0 spiro atoms. The lowest BCUT2D eigenvalue weighted by Crippen LogP contribution is -2.42. The van der Waals surface area contributed by atoms with Crippen LogP contribution in [0.3, 0.4) is 0 Å². The van der Waals surface area contributed by atoms with Crippen molar-refractivity contribution in [3.05, 3.63) is 65.2 Å². The van der Waals surface area contributed by atoms with Gasteiger partial charge < -0.3 is 44.0 Å². The molecule has 2 heterocycles. The minimum atomic E-state index is -0.545. The summed E-state index contributed by atoms with van der Waals surface area (Å²) in [5, 5.41) is 9.47. The number of ether oxygens (including phenoxy) is 7. The molecule has 3 atom stereocenters. The number of hydrogen-bond acceptors (Lipinski definition) is 10. The fourth-order valence-corrected chi connectivity index (χ4v) is 4.69. The van der Waals surface area contributed by atoms with E-state index in [2.05, 4.69) is 4.90 Å². The van der Waals surface area contributed by atoms with E-state index >= 15 is 0 Å². The van der Waals surface area contributed by atoms with Crippen molar-refractivity contribution in [3.63, 3.8) is 0 Å². The van der Waals surface area contributed by atoms with Gasteiger partial charge in [-0.25, -0.2) is 0 Å². The molecule has 2 aliphatic rings. The third kappa shape index (κ3) is 10.7. The largest absolute Gasteiger partial charge is 0.399 e. The summed E-state index contributed by atoms with van der Waals surface area (Å²) < 4.78 is 41.3. The zero-order valence-electron chi connectivity index (χ0n) is 23.3. The Labute approximate surface area is 237 Å². The summed E-state index contributed by atoms with van der Waals surface area (Å²) in [7, 11) is 0. The number of aliphatic hydroxyl groups is 1. The molecule has 10 nitrogen and oxygen atoms in total. The Morgan fingerprint density at radius 2 is 1.27 bits per heavy atom. The number of benzene rings is 2. The quantitative estimate of drug-likeness (QED) is 0.529. The van der Waals surface area contributed by atoms with Crippen molar-refractivity contribution >= 4 is 5.69 Å². The van der Waals surface area contributed by atoms with Gasteiger partial charge in [-0.15, -0.1) is 0 Å². The number of aliphatic hydroxyl groups excluding tert-OH is 1. The first kappa shape index (κ1) is 30.8. The van der Waals surface area contributed by atoms with Gasteiger partial charge in [0, 0.05) is 37.3 Å². The van der Waals surface area contributed by atoms with E-state index in [9.17, 15) is 5.11 Å². The number of nitrogen functional groups attached to an aromatic ring is 1. The van der Waals surface area contributed by atoms with Crippen LogP contribution in [0.4, 0.5) is 5.69 Å². The van der Waals surface area contributed by atoms with Crippen LogP contribution in [-0.2, 0) is 39.8 Å². The van der Waals surface area contributed by atoms with Crippen LogP contribution >= 0.6 is 0 Å². The standard InChI is InChI=1S/C30H44N2O8/c31-27-3-1-2-26(20-27)30-39-28(21-29(40-30)25-6-4-24(23-33)5-7-25)22-32-8-10-34-12-14-36-16-18-38-19-17-37-15-13-35-11-9-32/h1-7,20,28-30,33H,8-19,21-23,31H2. The number of nitrogens with zero attached hydrogens (tertiary/aromatic N) is 1. The van der Waals surface area contributed by atoms with Gasteiger partial charge >= 0.3 is 0 Å².